The number of nitrogens with one attached hydrogen (secondary N) is 1. The Balaban J connectivity index is 1.51. The van der Waals surface area contributed by atoms with Crippen LogP contribution in [0.1, 0.15) is 12.5 Å². The van der Waals surface area contributed by atoms with Gasteiger partial charge in [-0.1, -0.05) is 53.8 Å². The van der Waals surface area contributed by atoms with Gasteiger partial charge in [0.1, 0.15) is 5.75 Å². The Hall–Kier alpha value is -2.92. The van der Waals surface area contributed by atoms with Gasteiger partial charge in [-0.05, 0) is 36.1 Å². The lowest BCUT2D eigenvalue weighted by Gasteiger charge is -2.05. The van der Waals surface area contributed by atoms with Crippen molar-refractivity contribution in [2.45, 2.75) is 13.3 Å². The van der Waals surface area contributed by atoms with E-state index in [9.17, 15) is 4.79 Å². The van der Waals surface area contributed by atoms with Crippen LogP contribution in [-0.4, -0.2) is 17.5 Å². The van der Waals surface area contributed by atoms with E-state index in [4.69, 9.17) is 4.74 Å². The number of hydrogen-bond acceptors (Lipinski definition) is 4. The molecule has 0 radical (unpaired) electrons. The van der Waals surface area contributed by atoms with E-state index >= 15 is 0 Å². The molecule has 0 bridgehead atoms. The van der Waals surface area contributed by atoms with Crippen LogP contribution in [0.4, 0.5) is 5.13 Å². The molecule has 0 aliphatic heterocycles. The van der Waals surface area contributed by atoms with Crippen LogP contribution in [0.25, 0.3) is 21.0 Å². The molecule has 4 rings (SSSR count). The quantitative estimate of drug-likeness (QED) is 0.542. The standard InChI is InChI=1S/C21H18N2O2S/c1-2-25-16-10-7-14(8-11-16)13-19(24)23-21-22-18-12-9-15-5-3-4-6-17(15)20(18)26-21/h3-12H,2,13H2,1H3,(H,22,23,24). The summed E-state index contributed by atoms with van der Waals surface area (Å²) in [5.41, 5.74) is 1.85. The smallest absolute Gasteiger partial charge is 0.230 e. The summed E-state index contributed by atoms with van der Waals surface area (Å²) < 4.78 is 6.52. The highest BCUT2D eigenvalue weighted by Crippen LogP contribution is 2.32. The third kappa shape index (κ3) is 3.39. The van der Waals surface area contributed by atoms with Crippen LogP contribution in [0.3, 0.4) is 0 Å². The molecule has 1 amide bonds. The predicted octanol–water partition coefficient (Wildman–Crippen LogP) is 5.03. The first-order valence-electron chi connectivity index (χ1n) is 8.53. The molecule has 0 fully saturated rings. The lowest BCUT2D eigenvalue weighted by molar-refractivity contribution is -0.115. The molecule has 1 heterocycles. The summed E-state index contributed by atoms with van der Waals surface area (Å²) >= 11 is 1.51. The minimum absolute atomic E-state index is 0.0717. The minimum Gasteiger partial charge on any atom is -0.494 e. The highest BCUT2D eigenvalue weighted by atomic mass is 32.1. The van der Waals surface area contributed by atoms with Crippen LogP contribution in [0.2, 0.25) is 0 Å². The van der Waals surface area contributed by atoms with Gasteiger partial charge in [-0.2, -0.15) is 0 Å². The van der Waals surface area contributed by atoms with Crippen molar-refractivity contribution < 1.29 is 9.53 Å². The number of nitrogens with zero attached hydrogens (tertiary/aromatic N) is 1. The number of rotatable bonds is 5. The van der Waals surface area contributed by atoms with Crippen molar-refractivity contribution in [1.29, 1.82) is 0 Å². The van der Waals surface area contributed by atoms with Crippen molar-refractivity contribution in [3.63, 3.8) is 0 Å². The Labute approximate surface area is 155 Å². The minimum atomic E-state index is -0.0717. The fourth-order valence-corrected chi connectivity index (χ4v) is 3.94. The van der Waals surface area contributed by atoms with Gasteiger partial charge in [0.15, 0.2) is 5.13 Å². The van der Waals surface area contributed by atoms with Gasteiger partial charge < -0.3 is 10.1 Å². The summed E-state index contributed by atoms with van der Waals surface area (Å²) in [5, 5.41) is 5.89. The monoisotopic (exact) mass is 362 g/mol. The van der Waals surface area contributed by atoms with Crippen molar-refractivity contribution in [1.82, 2.24) is 4.98 Å². The second kappa shape index (κ2) is 7.14. The number of carbonyl (C=O) groups is 1. The van der Waals surface area contributed by atoms with Crippen molar-refractivity contribution in [3.05, 3.63) is 66.2 Å². The Morgan fingerprint density at radius 3 is 2.69 bits per heavy atom. The zero-order valence-corrected chi connectivity index (χ0v) is 15.2. The Morgan fingerprint density at radius 2 is 1.88 bits per heavy atom. The number of ether oxygens (including phenoxy) is 1. The summed E-state index contributed by atoms with van der Waals surface area (Å²) in [6, 6.07) is 19.9. The highest BCUT2D eigenvalue weighted by Gasteiger charge is 2.10. The largest absolute Gasteiger partial charge is 0.494 e. The summed E-state index contributed by atoms with van der Waals surface area (Å²) in [6.45, 7) is 2.58. The molecule has 0 saturated carbocycles. The number of amides is 1. The molecule has 3 aromatic carbocycles. The second-order valence-electron chi connectivity index (χ2n) is 5.96. The van der Waals surface area contributed by atoms with Gasteiger partial charge in [0, 0.05) is 5.39 Å². The van der Waals surface area contributed by atoms with Crippen LogP contribution in [0.5, 0.6) is 5.75 Å². The van der Waals surface area contributed by atoms with Crippen molar-refractivity contribution >= 4 is 43.4 Å². The number of benzene rings is 3. The van der Waals surface area contributed by atoms with Crippen LogP contribution in [0, 0.1) is 0 Å². The zero-order valence-electron chi connectivity index (χ0n) is 14.4. The third-order valence-electron chi connectivity index (χ3n) is 4.12. The molecule has 0 saturated heterocycles. The number of anilines is 1. The van der Waals surface area contributed by atoms with E-state index in [0.717, 1.165) is 26.9 Å². The molecule has 4 aromatic rings. The lowest BCUT2D eigenvalue weighted by Crippen LogP contribution is -2.14. The lowest BCUT2D eigenvalue weighted by atomic mass is 10.1. The Bertz CT molecular complexity index is 1070. The first kappa shape index (κ1) is 16.5. The second-order valence-corrected chi connectivity index (χ2v) is 6.95. The summed E-state index contributed by atoms with van der Waals surface area (Å²) in [7, 11) is 0. The van der Waals surface area contributed by atoms with Crippen molar-refractivity contribution in [2.24, 2.45) is 0 Å². The average molecular weight is 362 g/mol. The van der Waals surface area contributed by atoms with Crippen molar-refractivity contribution in [3.8, 4) is 5.75 Å². The normalized spacial score (nSPS) is 11.0. The predicted molar refractivity (Wildman–Crippen MR) is 107 cm³/mol. The molecular formula is C21H18N2O2S. The number of hydrogen-bond donors (Lipinski definition) is 1. The van der Waals surface area contributed by atoms with Gasteiger partial charge >= 0.3 is 0 Å². The fourth-order valence-electron chi connectivity index (χ4n) is 2.93. The van der Waals surface area contributed by atoms with E-state index in [2.05, 4.69) is 28.5 Å². The summed E-state index contributed by atoms with van der Waals surface area (Å²) in [5.74, 6) is 0.743. The molecule has 0 unspecified atom stereocenters. The van der Waals surface area contributed by atoms with Crippen LogP contribution >= 0.6 is 11.3 Å². The number of carbonyl (C=O) groups excluding carboxylic acids is 1. The Kier molecular flexibility index (Phi) is 4.54. The SMILES string of the molecule is CCOc1ccc(CC(=O)Nc2nc3ccc4ccccc4c3s2)cc1. The maximum atomic E-state index is 12.4. The topological polar surface area (TPSA) is 51.2 Å². The van der Waals surface area contributed by atoms with E-state index < -0.39 is 0 Å². The van der Waals surface area contributed by atoms with E-state index in [1.165, 1.54) is 16.7 Å². The van der Waals surface area contributed by atoms with Gasteiger partial charge in [-0.3, -0.25) is 4.79 Å². The zero-order chi connectivity index (χ0) is 17.9. The molecule has 130 valence electrons. The molecule has 1 aromatic heterocycles. The third-order valence-corrected chi connectivity index (χ3v) is 5.14. The van der Waals surface area contributed by atoms with Crippen LogP contribution in [-0.2, 0) is 11.2 Å². The summed E-state index contributed by atoms with van der Waals surface area (Å²) in [6.07, 6.45) is 0.309. The number of aromatic nitrogens is 1. The van der Waals surface area contributed by atoms with Crippen LogP contribution < -0.4 is 10.1 Å². The fraction of sp³-hybridized carbons (Fsp3) is 0.143. The van der Waals surface area contributed by atoms with E-state index in [1.54, 1.807) is 0 Å². The maximum Gasteiger partial charge on any atom is 0.230 e. The van der Waals surface area contributed by atoms with Crippen molar-refractivity contribution in [2.75, 3.05) is 11.9 Å². The molecule has 26 heavy (non-hydrogen) atoms. The molecule has 0 atom stereocenters. The first-order valence-corrected chi connectivity index (χ1v) is 9.34. The molecule has 0 aliphatic rings. The van der Waals surface area contributed by atoms with Gasteiger partial charge in [0.2, 0.25) is 5.91 Å². The molecule has 0 aliphatic carbocycles. The molecule has 4 nitrogen and oxygen atoms in total. The highest BCUT2D eigenvalue weighted by molar-refractivity contribution is 7.23. The first-order chi connectivity index (χ1) is 12.7. The number of thiazole rings is 1. The van der Waals surface area contributed by atoms with Gasteiger partial charge in [0.25, 0.3) is 0 Å². The molecule has 5 heteroatoms. The Morgan fingerprint density at radius 1 is 1.08 bits per heavy atom. The van der Waals surface area contributed by atoms with Gasteiger partial charge in [0.05, 0.1) is 23.2 Å². The molecule has 1 N–H and O–H groups in total. The van der Waals surface area contributed by atoms with E-state index in [-0.39, 0.29) is 5.91 Å². The van der Waals surface area contributed by atoms with E-state index in [0.29, 0.717) is 18.2 Å². The van der Waals surface area contributed by atoms with Crippen LogP contribution in [0.15, 0.2) is 60.7 Å². The summed E-state index contributed by atoms with van der Waals surface area (Å²) in [4.78, 5) is 16.9. The molecular weight excluding hydrogens is 344 g/mol. The average Bonchev–Trinajstić information content (AvgIpc) is 3.06. The molecule has 0 spiro atoms. The van der Waals surface area contributed by atoms with E-state index in [1.807, 2.05) is 49.4 Å². The maximum absolute atomic E-state index is 12.4. The van der Waals surface area contributed by atoms with Gasteiger partial charge in [-0.15, -0.1) is 0 Å². The number of fused-ring (bicyclic) bond motifs is 3. The van der Waals surface area contributed by atoms with Gasteiger partial charge in [-0.25, -0.2) is 4.98 Å².